The van der Waals surface area contributed by atoms with Crippen LogP contribution in [0.2, 0.25) is 0 Å². The van der Waals surface area contributed by atoms with Gasteiger partial charge in [0.25, 0.3) is 0 Å². The van der Waals surface area contributed by atoms with Crippen molar-refractivity contribution in [1.29, 1.82) is 5.26 Å². The molecule has 0 aliphatic carbocycles. The largest absolute Gasteiger partial charge is 0.294 e. The summed E-state index contributed by atoms with van der Waals surface area (Å²) in [5.41, 5.74) is 3.40. The SMILES string of the molecule is Cc1cccc(CN2CCC2(C)C)c1C#N. The fraction of sp³-hybridized carbons (Fsp3) is 0.500. The van der Waals surface area contributed by atoms with E-state index in [1.165, 1.54) is 6.42 Å². The molecule has 1 saturated heterocycles. The summed E-state index contributed by atoms with van der Waals surface area (Å²) in [6.07, 6.45) is 1.25. The molecule has 1 aliphatic rings. The summed E-state index contributed by atoms with van der Waals surface area (Å²) < 4.78 is 0. The molecular weight excluding hydrogens is 196 g/mol. The maximum atomic E-state index is 9.16. The molecule has 0 saturated carbocycles. The maximum Gasteiger partial charge on any atom is 0.0997 e. The molecule has 84 valence electrons. The first kappa shape index (κ1) is 11.2. The van der Waals surface area contributed by atoms with Crippen LogP contribution in [0.15, 0.2) is 18.2 Å². The first-order valence-electron chi connectivity index (χ1n) is 5.78. The molecule has 0 N–H and O–H groups in total. The summed E-state index contributed by atoms with van der Waals surface area (Å²) in [6, 6.07) is 8.43. The highest BCUT2D eigenvalue weighted by Crippen LogP contribution is 2.31. The Labute approximate surface area is 97.5 Å². The van der Waals surface area contributed by atoms with Crippen molar-refractivity contribution >= 4 is 0 Å². The number of hydrogen-bond donors (Lipinski definition) is 0. The van der Waals surface area contributed by atoms with Crippen molar-refractivity contribution in [3.8, 4) is 6.07 Å². The highest BCUT2D eigenvalue weighted by molar-refractivity contribution is 5.43. The van der Waals surface area contributed by atoms with Gasteiger partial charge in [0.2, 0.25) is 0 Å². The van der Waals surface area contributed by atoms with E-state index in [1.54, 1.807) is 0 Å². The third kappa shape index (κ3) is 1.83. The van der Waals surface area contributed by atoms with Crippen LogP contribution in [0.1, 0.15) is 37.0 Å². The Balaban J connectivity index is 2.23. The van der Waals surface area contributed by atoms with Crippen LogP contribution < -0.4 is 0 Å². The Morgan fingerprint density at radius 2 is 2.19 bits per heavy atom. The molecule has 0 bridgehead atoms. The van der Waals surface area contributed by atoms with Crippen LogP contribution in [0.4, 0.5) is 0 Å². The molecule has 0 unspecified atom stereocenters. The summed E-state index contributed by atoms with van der Waals surface area (Å²) >= 11 is 0. The molecule has 0 aromatic heterocycles. The van der Waals surface area contributed by atoms with Crippen molar-refractivity contribution in [2.24, 2.45) is 0 Å². The van der Waals surface area contributed by atoms with Crippen molar-refractivity contribution in [2.75, 3.05) is 6.54 Å². The Morgan fingerprint density at radius 1 is 1.44 bits per heavy atom. The predicted octanol–water partition coefficient (Wildman–Crippen LogP) is 2.85. The predicted molar refractivity (Wildman–Crippen MR) is 65.0 cm³/mol. The highest BCUT2D eigenvalue weighted by Gasteiger charge is 2.35. The van der Waals surface area contributed by atoms with E-state index in [2.05, 4.69) is 30.9 Å². The van der Waals surface area contributed by atoms with Gasteiger partial charge in [0, 0.05) is 18.6 Å². The van der Waals surface area contributed by atoms with Gasteiger partial charge in [0.15, 0.2) is 0 Å². The van der Waals surface area contributed by atoms with E-state index in [1.807, 2.05) is 19.1 Å². The van der Waals surface area contributed by atoms with E-state index >= 15 is 0 Å². The van der Waals surface area contributed by atoms with Gasteiger partial charge in [-0.25, -0.2) is 0 Å². The molecule has 0 atom stereocenters. The molecule has 1 aromatic rings. The highest BCUT2D eigenvalue weighted by atomic mass is 15.2. The number of aryl methyl sites for hydroxylation is 1. The van der Waals surface area contributed by atoms with Crippen molar-refractivity contribution in [1.82, 2.24) is 4.90 Å². The van der Waals surface area contributed by atoms with Crippen LogP contribution >= 0.6 is 0 Å². The van der Waals surface area contributed by atoms with E-state index in [0.29, 0.717) is 5.54 Å². The number of nitrogens with zero attached hydrogens (tertiary/aromatic N) is 2. The number of benzene rings is 1. The van der Waals surface area contributed by atoms with Crippen molar-refractivity contribution in [3.63, 3.8) is 0 Å². The second-order valence-electron chi connectivity index (χ2n) is 5.20. The van der Waals surface area contributed by atoms with Gasteiger partial charge < -0.3 is 0 Å². The van der Waals surface area contributed by atoms with Gasteiger partial charge in [-0.1, -0.05) is 18.2 Å². The second-order valence-corrected chi connectivity index (χ2v) is 5.20. The summed E-state index contributed by atoms with van der Waals surface area (Å²) in [4.78, 5) is 2.43. The zero-order valence-corrected chi connectivity index (χ0v) is 10.2. The van der Waals surface area contributed by atoms with Crippen molar-refractivity contribution < 1.29 is 0 Å². The van der Waals surface area contributed by atoms with Gasteiger partial charge in [0.1, 0.15) is 0 Å². The van der Waals surface area contributed by atoms with Crippen LogP contribution in [0.5, 0.6) is 0 Å². The Morgan fingerprint density at radius 3 is 2.69 bits per heavy atom. The van der Waals surface area contributed by atoms with Crippen molar-refractivity contribution in [2.45, 2.75) is 39.3 Å². The van der Waals surface area contributed by atoms with Gasteiger partial charge >= 0.3 is 0 Å². The van der Waals surface area contributed by atoms with Gasteiger partial charge in [0.05, 0.1) is 11.6 Å². The average molecular weight is 214 g/mol. The van der Waals surface area contributed by atoms with Gasteiger partial charge in [-0.05, 0) is 38.3 Å². The first-order chi connectivity index (χ1) is 7.54. The monoisotopic (exact) mass is 214 g/mol. The van der Waals surface area contributed by atoms with E-state index in [9.17, 15) is 0 Å². The summed E-state index contributed by atoms with van der Waals surface area (Å²) in [6.45, 7) is 8.57. The van der Waals surface area contributed by atoms with Gasteiger partial charge in [-0.15, -0.1) is 0 Å². The fourth-order valence-corrected chi connectivity index (χ4v) is 2.24. The maximum absolute atomic E-state index is 9.16. The Hall–Kier alpha value is -1.33. The lowest BCUT2D eigenvalue weighted by molar-refractivity contribution is 0.00787. The minimum Gasteiger partial charge on any atom is -0.294 e. The van der Waals surface area contributed by atoms with Crippen LogP contribution in [-0.4, -0.2) is 17.0 Å². The summed E-state index contributed by atoms with van der Waals surface area (Å²) in [5.74, 6) is 0. The summed E-state index contributed by atoms with van der Waals surface area (Å²) in [7, 11) is 0. The molecule has 1 aromatic carbocycles. The summed E-state index contributed by atoms with van der Waals surface area (Å²) in [5, 5.41) is 9.16. The number of likely N-dealkylation sites (tertiary alicyclic amines) is 1. The lowest BCUT2D eigenvalue weighted by Gasteiger charge is -2.48. The van der Waals surface area contributed by atoms with E-state index in [-0.39, 0.29) is 0 Å². The molecule has 2 nitrogen and oxygen atoms in total. The first-order valence-corrected chi connectivity index (χ1v) is 5.78. The molecule has 1 fully saturated rings. The standard InChI is InChI=1S/C14H18N2/c1-11-5-4-6-12(13(11)9-15)10-16-8-7-14(16,2)3/h4-6H,7-8,10H2,1-3H3. The lowest BCUT2D eigenvalue weighted by atomic mass is 9.88. The molecule has 0 amide bonds. The van der Waals surface area contributed by atoms with Gasteiger partial charge in [-0.2, -0.15) is 5.26 Å². The molecule has 0 radical (unpaired) electrons. The van der Waals surface area contributed by atoms with Crippen LogP contribution in [0.25, 0.3) is 0 Å². The Kier molecular flexibility index (Phi) is 2.73. The van der Waals surface area contributed by atoms with Crippen LogP contribution in [-0.2, 0) is 6.54 Å². The molecule has 16 heavy (non-hydrogen) atoms. The number of hydrogen-bond acceptors (Lipinski definition) is 2. The molecule has 2 heteroatoms. The molecule has 1 aliphatic heterocycles. The minimum absolute atomic E-state index is 0.302. The normalized spacial score (nSPS) is 18.9. The van der Waals surface area contributed by atoms with Crippen LogP contribution in [0, 0.1) is 18.3 Å². The zero-order valence-electron chi connectivity index (χ0n) is 10.2. The van der Waals surface area contributed by atoms with Crippen molar-refractivity contribution in [3.05, 3.63) is 34.9 Å². The molecular formula is C14H18N2. The smallest absolute Gasteiger partial charge is 0.0997 e. The minimum atomic E-state index is 0.302. The average Bonchev–Trinajstić information content (AvgIpc) is 2.24. The number of rotatable bonds is 2. The zero-order chi connectivity index (χ0) is 11.8. The third-order valence-corrected chi connectivity index (χ3v) is 3.68. The van der Waals surface area contributed by atoms with E-state index in [4.69, 9.17) is 5.26 Å². The second kappa shape index (κ2) is 3.92. The van der Waals surface area contributed by atoms with E-state index < -0.39 is 0 Å². The quantitative estimate of drug-likeness (QED) is 0.757. The fourth-order valence-electron chi connectivity index (χ4n) is 2.24. The van der Waals surface area contributed by atoms with Gasteiger partial charge in [-0.3, -0.25) is 4.90 Å². The third-order valence-electron chi connectivity index (χ3n) is 3.68. The topological polar surface area (TPSA) is 27.0 Å². The molecule has 2 rings (SSSR count). The Bertz CT molecular complexity index is 441. The molecule has 0 spiro atoms. The lowest BCUT2D eigenvalue weighted by Crippen LogP contribution is -2.54. The van der Waals surface area contributed by atoms with E-state index in [0.717, 1.165) is 29.8 Å². The van der Waals surface area contributed by atoms with Crippen LogP contribution in [0.3, 0.4) is 0 Å². The molecule has 1 heterocycles. The number of nitriles is 1.